The molecule has 0 amide bonds. The molecule has 0 bridgehead atoms. The summed E-state index contributed by atoms with van der Waals surface area (Å²) < 4.78 is 5.92. The molecule has 7 nitrogen and oxygen atoms in total. The van der Waals surface area contributed by atoms with Crippen LogP contribution in [0.1, 0.15) is 106 Å². The van der Waals surface area contributed by atoms with E-state index in [1.807, 2.05) is 6.92 Å². The zero-order valence-electron chi connectivity index (χ0n) is 24.7. The Balaban J connectivity index is 1.68. The third kappa shape index (κ3) is 3.46. The molecule has 0 aromatic rings. The minimum atomic E-state index is -1.24. The number of fused-ring (bicyclic) bond motifs is 7. The lowest BCUT2D eigenvalue weighted by atomic mass is 9.33. The fourth-order valence-electron chi connectivity index (χ4n) is 10.8. The predicted molar refractivity (Wildman–Crippen MR) is 145 cm³/mol. The van der Waals surface area contributed by atoms with Gasteiger partial charge in [0.2, 0.25) is 0 Å². The van der Waals surface area contributed by atoms with Crippen molar-refractivity contribution < 1.29 is 34.1 Å². The number of carboxylic acid groups (broad SMARTS) is 2. The van der Waals surface area contributed by atoms with Gasteiger partial charge in [0.1, 0.15) is 11.5 Å². The van der Waals surface area contributed by atoms with Gasteiger partial charge in [0, 0.05) is 18.8 Å². The van der Waals surface area contributed by atoms with Crippen LogP contribution in [-0.4, -0.2) is 40.0 Å². The first-order valence-electron chi connectivity index (χ1n) is 14.8. The van der Waals surface area contributed by atoms with Gasteiger partial charge >= 0.3 is 17.9 Å². The van der Waals surface area contributed by atoms with Crippen LogP contribution in [0.15, 0.2) is 11.6 Å². The molecule has 2 N–H and O–H groups in total. The Labute approximate surface area is 232 Å². The van der Waals surface area contributed by atoms with E-state index in [4.69, 9.17) is 4.74 Å². The van der Waals surface area contributed by atoms with Gasteiger partial charge in [-0.3, -0.25) is 19.2 Å². The molecule has 10 atom stereocenters. The van der Waals surface area contributed by atoms with E-state index in [1.165, 1.54) is 6.92 Å². The lowest BCUT2D eigenvalue weighted by Gasteiger charge is -2.70. The molecular weight excluding hydrogens is 496 g/mol. The van der Waals surface area contributed by atoms with E-state index in [0.717, 1.165) is 44.1 Å². The lowest BCUT2D eigenvalue weighted by Crippen LogP contribution is -2.67. The summed E-state index contributed by atoms with van der Waals surface area (Å²) in [6, 6.07) is 0. The zero-order valence-corrected chi connectivity index (χ0v) is 24.7. The highest BCUT2D eigenvalue weighted by atomic mass is 16.5. The molecule has 0 radical (unpaired) electrons. The first kappa shape index (κ1) is 28.4. The number of carboxylic acids is 2. The van der Waals surface area contributed by atoms with E-state index >= 15 is 0 Å². The summed E-state index contributed by atoms with van der Waals surface area (Å²) in [7, 11) is 0. The second-order valence-electron chi connectivity index (χ2n) is 15.2. The molecule has 0 spiro atoms. The number of ketones is 1. The third-order valence-electron chi connectivity index (χ3n) is 13.4. The maximum absolute atomic E-state index is 14.4. The summed E-state index contributed by atoms with van der Waals surface area (Å²) in [6.07, 6.45) is 7.55. The Hall–Kier alpha value is -2.18. The number of allylic oxidation sites excluding steroid dienone is 1. The Bertz CT molecular complexity index is 1170. The van der Waals surface area contributed by atoms with Crippen LogP contribution in [0.25, 0.3) is 0 Å². The van der Waals surface area contributed by atoms with Gasteiger partial charge in [0.05, 0.1) is 5.41 Å². The molecule has 0 aliphatic heterocycles. The molecule has 39 heavy (non-hydrogen) atoms. The molecule has 0 aromatic heterocycles. The van der Waals surface area contributed by atoms with Gasteiger partial charge in [-0.1, -0.05) is 39.7 Å². The van der Waals surface area contributed by atoms with Crippen LogP contribution in [0.5, 0.6) is 0 Å². The van der Waals surface area contributed by atoms with Crippen molar-refractivity contribution >= 4 is 23.7 Å². The van der Waals surface area contributed by atoms with Crippen molar-refractivity contribution in [1.29, 1.82) is 0 Å². The van der Waals surface area contributed by atoms with Crippen LogP contribution in [-0.2, 0) is 23.9 Å². The van der Waals surface area contributed by atoms with Gasteiger partial charge in [-0.15, -0.1) is 0 Å². The third-order valence-corrected chi connectivity index (χ3v) is 13.4. The number of carbonyl (C=O) groups excluding carboxylic acids is 2. The second kappa shape index (κ2) is 8.42. The molecule has 216 valence electrons. The fraction of sp³-hybridized carbons (Fsp3) is 0.812. The van der Waals surface area contributed by atoms with E-state index in [0.29, 0.717) is 19.3 Å². The zero-order chi connectivity index (χ0) is 29.0. The van der Waals surface area contributed by atoms with Gasteiger partial charge in [-0.2, -0.15) is 0 Å². The Kier molecular flexibility index (Phi) is 6.12. The number of aliphatic carboxylic acids is 2. The first-order chi connectivity index (χ1) is 17.9. The number of rotatable bonds is 3. The standard InChI is InChI=1S/C32H46O7/c1-18(33)39-24-22-19-17-20(34)23-28(3)10-8-11-29(4,25(35)36)21(28)9-12-32(23,7)31(19,6)16-14-27(22,2)13-15-30(24,5)26(37)38/h17,21-24H,8-16H2,1-7H3,(H,35,36)(H,37,38). The van der Waals surface area contributed by atoms with Gasteiger partial charge in [0.25, 0.3) is 0 Å². The summed E-state index contributed by atoms with van der Waals surface area (Å²) in [5.41, 5.74) is -2.65. The number of esters is 1. The van der Waals surface area contributed by atoms with Crippen LogP contribution in [0.4, 0.5) is 0 Å². The van der Waals surface area contributed by atoms with E-state index in [2.05, 4.69) is 27.7 Å². The Morgan fingerprint density at radius 2 is 1.46 bits per heavy atom. The van der Waals surface area contributed by atoms with Crippen molar-refractivity contribution in [3.63, 3.8) is 0 Å². The number of hydrogen-bond donors (Lipinski definition) is 2. The van der Waals surface area contributed by atoms with Crippen LogP contribution >= 0.6 is 0 Å². The molecule has 7 heteroatoms. The number of ether oxygens (including phenoxy) is 1. The van der Waals surface area contributed by atoms with Gasteiger partial charge in [-0.05, 0) is 98.9 Å². The summed E-state index contributed by atoms with van der Waals surface area (Å²) in [5, 5.41) is 20.6. The maximum atomic E-state index is 14.4. The van der Waals surface area contributed by atoms with Gasteiger partial charge < -0.3 is 14.9 Å². The topological polar surface area (TPSA) is 118 Å². The molecule has 5 aliphatic rings. The van der Waals surface area contributed by atoms with Crippen molar-refractivity contribution in [2.45, 2.75) is 112 Å². The van der Waals surface area contributed by atoms with Crippen LogP contribution in [0.3, 0.4) is 0 Å². The van der Waals surface area contributed by atoms with Crippen molar-refractivity contribution in [2.75, 3.05) is 0 Å². The highest BCUT2D eigenvalue weighted by Gasteiger charge is 2.72. The quantitative estimate of drug-likeness (QED) is 0.417. The molecule has 4 fully saturated rings. The summed E-state index contributed by atoms with van der Waals surface area (Å²) in [5.74, 6) is -2.94. The van der Waals surface area contributed by atoms with E-state index in [9.17, 15) is 29.4 Å². The normalized spacial score (nSPS) is 50.8. The van der Waals surface area contributed by atoms with Crippen molar-refractivity contribution in [2.24, 2.45) is 50.2 Å². The number of carbonyl (C=O) groups is 4. The average molecular weight is 543 g/mol. The van der Waals surface area contributed by atoms with E-state index < -0.39 is 51.1 Å². The average Bonchev–Trinajstić information content (AvgIpc) is 2.82. The van der Waals surface area contributed by atoms with Crippen molar-refractivity contribution in [3.8, 4) is 0 Å². The monoisotopic (exact) mass is 542 g/mol. The molecule has 0 heterocycles. The summed E-state index contributed by atoms with van der Waals surface area (Å²) in [4.78, 5) is 52.0. The molecule has 0 saturated heterocycles. The Morgan fingerprint density at radius 1 is 0.846 bits per heavy atom. The molecule has 5 aliphatic carbocycles. The van der Waals surface area contributed by atoms with Crippen molar-refractivity contribution in [3.05, 3.63) is 11.6 Å². The smallest absolute Gasteiger partial charge is 0.313 e. The summed E-state index contributed by atoms with van der Waals surface area (Å²) >= 11 is 0. The molecular formula is C32H46O7. The van der Waals surface area contributed by atoms with Gasteiger partial charge in [0.15, 0.2) is 5.78 Å². The van der Waals surface area contributed by atoms with E-state index in [1.54, 1.807) is 13.0 Å². The van der Waals surface area contributed by atoms with Crippen LogP contribution in [0.2, 0.25) is 0 Å². The fourth-order valence-corrected chi connectivity index (χ4v) is 10.8. The minimum Gasteiger partial charge on any atom is -0.481 e. The van der Waals surface area contributed by atoms with Gasteiger partial charge in [-0.25, -0.2) is 0 Å². The highest BCUT2D eigenvalue weighted by molar-refractivity contribution is 5.96. The van der Waals surface area contributed by atoms with Crippen LogP contribution in [0, 0.1) is 50.2 Å². The SMILES string of the molecule is CC(=O)OC1C2C3=CC(=O)C4C5(C)CCCC(C)(C(=O)O)C5CCC4(C)C3(C)CCC2(C)CCC1(C)C(=O)O. The molecule has 10 unspecified atom stereocenters. The minimum absolute atomic E-state index is 0.0419. The number of hydrogen-bond acceptors (Lipinski definition) is 5. The van der Waals surface area contributed by atoms with E-state index in [-0.39, 0.29) is 29.0 Å². The second-order valence-corrected chi connectivity index (χ2v) is 15.2. The molecule has 0 aromatic carbocycles. The first-order valence-corrected chi connectivity index (χ1v) is 14.8. The van der Waals surface area contributed by atoms with Crippen LogP contribution < -0.4 is 0 Å². The maximum Gasteiger partial charge on any atom is 0.313 e. The van der Waals surface area contributed by atoms with Crippen molar-refractivity contribution in [1.82, 2.24) is 0 Å². The molecule has 5 rings (SSSR count). The Morgan fingerprint density at radius 3 is 2.05 bits per heavy atom. The molecule has 4 saturated carbocycles. The lowest BCUT2D eigenvalue weighted by molar-refractivity contribution is -0.207. The predicted octanol–water partition coefficient (Wildman–Crippen LogP) is 6.05. The largest absolute Gasteiger partial charge is 0.481 e. The summed E-state index contributed by atoms with van der Waals surface area (Å²) in [6.45, 7) is 13.7. The highest BCUT2D eigenvalue weighted by Crippen LogP contribution is 2.75.